The van der Waals surface area contributed by atoms with Crippen LogP contribution in [0.15, 0.2) is 121 Å². The molecule has 0 atom stereocenters. The minimum absolute atomic E-state index is 0. The number of rotatable bonds is 8. The molecule has 0 aromatic heterocycles. The zero-order valence-corrected chi connectivity index (χ0v) is 23.9. The quantitative estimate of drug-likeness (QED) is 0.331. The smallest absolute Gasteiger partial charge is 0.503 e. The summed E-state index contributed by atoms with van der Waals surface area (Å²) in [5, 5.41) is 19.9. The van der Waals surface area contributed by atoms with E-state index in [0.717, 1.165) is 40.3 Å². The van der Waals surface area contributed by atoms with E-state index in [2.05, 4.69) is 124 Å². The summed E-state index contributed by atoms with van der Waals surface area (Å²) < 4.78 is 0. The van der Waals surface area contributed by atoms with E-state index in [1.165, 1.54) is 0 Å². The first-order chi connectivity index (χ1) is 18.8. The average molecular weight is 700 g/mol. The van der Waals surface area contributed by atoms with Gasteiger partial charge >= 0.3 is 21.1 Å². The van der Waals surface area contributed by atoms with Crippen LogP contribution in [0.2, 0.25) is 0 Å². The van der Waals surface area contributed by atoms with Crippen molar-refractivity contribution in [2.45, 2.75) is 12.1 Å². The number of β-amino-alcohol motifs (C(OH)–C–C–N with tert-alkyl or cyclic N) is 2. The van der Waals surface area contributed by atoms with Gasteiger partial charge in [-0.3, -0.25) is 0 Å². The Morgan fingerprint density at radius 2 is 1.23 bits per heavy atom. The van der Waals surface area contributed by atoms with Gasteiger partial charge in [-0.2, -0.15) is 13.3 Å². The van der Waals surface area contributed by atoms with Crippen LogP contribution in [0.4, 0.5) is 11.4 Å². The predicted octanol–water partition coefficient (Wildman–Crippen LogP) is 4.78. The van der Waals surface area contributed by atoms with Gasteiger partial charge in [-0.25, -0.2) is 0 Å². The average Bonchev–Trinajstić information content (AvgIpc) is 3.38. The van der Waals surface area contributed by atoms with E-state index in [-0.39, 0.29) is 34.3 Å². The molecule has 3 aliphatic rings. The second-order valence-electron chi connectivity index (χ2n) is 9.52. The molecule has 0 bridgehead atoms. The molecule has 0 saturated heterocycles. The van der Waals surface area contributed by atoms with Crippen LogP contribution < -0.4 is 9.80 Å². The van der Waals surface area contributed by atoms with E-state index in [1.807, 2.05) is 18.2 Å². The van der Waals surface area contributed by atoms with Crippen molar-refractivity contribution in [2.24, 2.45) is 0 Å². The van der Waals surface area contributed by atoms with Gasteiger partial charge in [-0.15, -0.1) is 0 Å². The number of allylic oxidation sites excluding steroid dienone is 4. The maximum atomic E-state index is 9.96. The van der Waals surface area contributed by atoms with Gasteiger partial charge in [0.2, 0.25) is 0 Å². The van der Waals surface area contributed by atoms with E-state index in [1.54, 1.807) is 0 Å². The third kappa shape index (κ3) is 4.61. The van der Waals surface area contributed by atoms with Gasteiger partial charge in [0, 0.05) is 42.3 Å². The number of anilines is 2. The molecule has 3 aromatic rings. The Bertz CT molecular complexity index is 1320. The van der Waals surface area contributed by atoms with E-state index in [4.69, 9.17) is 0 Å². The number of nitrogens with zero attached hydrogens (tertiary/aromatic N) is 4. The molecule has 2 aliphatic heterocycles. The molecule has 0 radical (unpaired) electrons. The fourth-order valence-corrected chi connectivity index (χ4v) is 5.82. The number of hydrogen-bond acceptors (Lipinski definition) is 6. The van der Waals surface area contributed by atoms with Crippen molar-refractivity contribution in [1.82, 2.24) is 9.80 Å². The number of hydrogen-bond donors (Lipinski definition) is 2. The Hall–Kier alpha value is -3.31. The van der Waals surface area contributed by atoms with Crippen molar-refractivity contribution in [3.8, 4) is 0 Å². The molecule has 202 valence electrons. The zero-order chi connectivity index (χ0) is 26.0. The SMILES string of the molecule is OCCN1[CH-]N(C(c2ccccc2)(c2ccccc2)N2[CH-]N(CCO)c3ccccc32)C2=C1CC=CC=C2.[Pt+2]. The maximum Gasteiger partial charge on any atom is 2.00 e. The van der Waals surface area contributed by atoms with Gasteiger partial charge < -0.3 is 29.8 Å². The van der Waals surface area contributed by atoms with E-state index >= 15 is 0 Å². The molecule has 1 aliphatic carbocycles. The molecule has 6 rings (SSSR count). The van der Waals surface area contributed by atoms with Gasteiger partial charge in [-0.05, 0) is 29.3 Å². The molecule has 2 heterocycles. The Morgan fingerprint density at radius 3 is 1.87 bits per heavy atom. The molecule has 7 heteroatoms. The monoisotopic (exact) mass is 699 g/mol. The van der Waals surface area contributed by atoms with Crippen LogP contribution in [0.3, 0.4) is 0 Å². The van der Waals surface area contributed by atoms with E-state index in [9.17, 15) is 10.2 Å². The van der Waals surface area contributed by atoms with Crippen LogP contribution in [-0.2, 0) is 26.7 Å². The zero-order valence-electron chi connectivity index (χ0n) is 21.6. The molecule has 0 fully saturated rings. The van der Waals surface area contributed by atoms with Crippen LogP contribution in [0, 0.1) is 13.3 Å². The third-order valence-corrected chi connectivity index (χ3v) is 7.41. The molecule has 3 aromatic carbocycles. The second-order valence-corrected chi connectivity index (χ2v) is 9.52. The Labute approximate surface area is 245 Å². The number of benzene rings is 3. The van der Waals surface area contributed by atoms with Crippen LogP contribution in [0.1, 0.15) is 17.5 Å². The molecule has 0 spiro atoms. The minimum Gasteiger partial charge on any atom is -0.503 e. The van der Waals surface area contributed by atoms with Crippen LogP contribution >= 0.6 is 0 Å². The maximum absolute atomic E-state index is 9.96. The van der Waals surface area contributed by atoms with Crippen molar-refractivity contribution < 1.29 is 31.3 Å². The summed E-state index contributed by atoms with van der Waals surface area (Å²) in [7, 11) is 0. The minimum atomic E-state index is -0.803. The fourth-order valence-electron chi connectivity index (χ4n) is 5.82. The first-order valence-corrected chi connectivity index (χ1v) is 13.1. The van der Waals surface area contributed by atoms with Crippen LogP contribution in [0.5, 0.6) is 0 Å². The van der Waals surface area contributed by atoms with Crippen LogP contribution in [0.25, 0.3) is 0 Å². The number of aliphatic hydroxyl groups excluding tert-OH is 2. The number of aliphatic hydroxyl groups is 2. The number of fused-ring (bicyclic) bond motifs is 1. The van der Waals surface area contributed by atoms with Gasteiger partial charge in [0.05, 0.1) is 13.2 Å². The van der Waals surface area contributed by atoms with Crippen molar-refractivity contribution >= 4 is 11.4 Å². The second kappa shape index (κ2) is 11.8. The van der Waals surface area contributed by atoms with Gasteiger partial charge in [0.25, 0.3) is 0 Å². The molecule has 0 amide bonds. The predicted molar refractivity (Wildman–Crippen MR) is 151 cm³/mol. The molecule has 0 unspecified atom stereocenters. The van der Waals surface area contributed by atoms with Crippen molar-refractivity contribution in [1.29, 1.82) is 0 Å². The van der Waals surface area contributed by atoms with Gasteiger partial charge in [-0.1, -0.05) is 91.0 Å². The third-order valence-electron chi connectivity index (χ3n) is 7.41. The Kier molecular flexibility index (Phi) is 8.27. The van der Waals surface area contributed by atoms with Gasteiger partial charge in [0.15, 0.2) is 0 Å². The summed E-state index contributed by atoms with van der Waals surface area (Å²) in [4.78, 5) is 8.97. The van der Waals surface area contributed by atoms with Crippen LogP contribution in [-0.4, -0.2) is 46.3 Å². The van der Waals surface area contributed by atoms with E-state index in [0.29, 0.717) is 13.1 Å². The summed E-state index contributed by atoms with van der Waals surface area (Å²) in [5.41, 5.74) is 5.74. The van der Waals surface area contributed by atoms with E-state index < -0.39 is 5.66 Å². The van der Waals surface area contributed by atoms with Crippen molar-refractivity contribution in [3.63, 3.8) is 0 Å². The van der Waals surface area contributed by atoms with Gasteiger partial charge in [0.1, 0.15) is 5.66 Å². The molecule has 2 N–H and O–H groups in total. The normalized spacial score (nSPS) is 16.4. The molecule has 0 saturated carbocycles. The van der Waals surface area contributed by atoms with Crippen molar-refractivity contribution in [3.05, 3.63) is 145 Å². The largest absolute Gasteiger partial charge is 2.00 e. The summed E-state index contributed by atoms with van der Waals surface area (Å²) in [5.74, 6) is 0. The summed E-state index contributed by atoms with van der Waals surface area (Å²) in [6.45, 7) is 5.38. The standard InChI is InChI=1S/C32H32N4O2.Pt/c37-22-20-33-24-35(30-18-9-3-8-16-28(30)33)32(26-12-4-1-5-13-26,27-14-6-2-7-15-27)36-25-34(21-23-38)29-17-10-11-19-31(29)36;/h1-15,17-19,24-25,37-38H,16,20-23H2;/q-2;+2. The fraction of sp³-hybridized carbons (Fsp3) is 0.188. The topological polar surface area (TPSA) is 53.4 Å². The molecular weight excluding hydrogens is 667 g/mol. The summed E-state index contributed by atoms with van der Waals surface area (Å²) in [6, 6.07) is 29.5. The first kappa shape index (κ1) is 27.3. The Balaban J connectivity index is 0.00000308. The molecule has 39 heavy (non-hydrogen) atoms. The molecular formula is C32H32N4O2Pt. The van der Waals surface area contributed by atoms with Crippen molar-refractivity contribution in [2.75, 3.05) is 36.1 Å². The summed E-state index contributed by atoms with van der Waals surface area (Å²) >= 11 is 0. The Morgan fingerprint density at radius 1 is 0.667 bits per heavy atom. The summed E-state index contributed by atoms with van der Waals surface area (Å²) in [6.07, 6.45) is 9.27. The molecule has 6 nitrogen and oxygen atoms in total. The number of para-hydroxylation sites is 2. The first-order valence-electron chi connectivity index (χ1n) is 13.1.